The Bertz CT molecular complexity index is 488. The second-order valence-corrected chi connectivity index (χ2v) is 3.94. The molecule has 0 unspecified atom stereocenters. The van der Waals surface area contributed by atoms with E-state index in [1.165, 1.54) is 0 Å². The van der Waals surface area contributed by atoms with Gasteiger partial charge in [-0.05, 0) is 20.0 Å². The van der Waals surface area contributed by atoms with Crippen LogP contribution in [0.1, 0.15) is 17.0 Å². The number of aryl methyl sites for hydroxylation is 2. The Morgan fingerprint density at radius 2 is 2.35 bits per heavy atom. The maximum Gasteiger partial charge on any atom is 0.212 e. The van der Waals surface area contributed by atoms with Crippen LogP contribution < -0.4 is 10.1 Å². The van der Waals surface area contributed by atoms with E-state index in [1.54, 1.807) is 10.9 Å². The van der Waals surface area contributed by atoms with Crippen LogP contribution >= 0.6 is 0 Å². The third-order valence-corrected chi connectivity index (χ3v) is 2.52. The standard InChI is InChI=1S/C12H17N3O2/c1-9-6-12(15(3)14-9)17-8-11-10(7-13-2)4-5-16-11/h4-6,13H,7-8H2,1-3H3. The van der Waals surface area contributed by atoms with Crippen molar-refractivity contribution in [2.45, 2.75) is 20.1 Å². The molecule has 5 heteroatoms. The summed E-state index contributed by atoms with van der Waals surface area (Å²) in [6.07, 6.45) is 1.68. The molecule has 0 atom stereocenters. The van der Waals surface area contributed by atoms with Gasteiger partial charge < -0.3 is 14.5 Å². The van der Waals surface area contributed by atoms with Crippen molar-refractivity contribution < 1.29 is 9.15 Å². The molecule has 1 N–H and O–H groups in total. The molecule has 0 radical (unpaired) electrons. The van der Waals surface area contributed by atoms with Gasteiger partial charge in [-0.2, -0.15) is 5.10 Å². The smallest absolute Gasteiger partial charge is 0.212 e. The van der Waals surface area contributed by atoms with E-state index < -0.39 is 0 Å². The summed E-state index contributed by atoms with van der Waals surface area (Å²) in [5.74, 6) is 1.59. The van der Waals surface area contributed by atoms with Crippen molar-refractivity contribution in [1.29, 1.82) is 0 Å². The van der Waals surface area contributed by atoms with Crippen molar-refractivity contribution in [3.05, 3.63) is 35.4 Å². The quantitative estimate of drug-likeness (QED) is 0.855. The van der Waals surface area contributed by atoms with Crippen LogP contribution in [-0.4, -0.2) is 16.8 Å². The summed E-state index contributed by atoms with van der Waals surface area (Å²) in [7, 11) is 3.76. The van der Waals surface area contributed by atoms with Gasteiger partial charge in [-0.1, -0.05) is 0 Å². The average Bonchev–Trinajstić information content (AvgIpc) is 2.83. The van der Waals surface area contributed by atoms with Crippen molar-refractivity contribution in [1.82, 2.24) is 15.1 Å². The van der Waals surface area contributed by atoms with Crippen LogP contribution in [0.5, 0.6) is 5.88 Å². The van der Waals surface area contributed by atoms with Gasteiger partial charge in [0.1, 0.15) is 12.4 Å². The Kier molecular flexibility index (Phi) is 3.49. The van der Waals surface area contributed by atoms with Gasteiger partial charge in [0, 0.05) is 25.2 Å². The highest BCUT2D eigenvalue weighted by Crippen LogP contribution is 2.16. The van der Waals surface area contributed by atoms with Crippen LogP contribution in [0, 0.1) is 6.92 Å². The van der Waals surface area contributed by atoms with Crippen molar-refractivity contribution in [3.8, 4) is 5.88 Å². The molecule has 0 saturated heterocycles. The van der Waals surface area contributed by atoms with Gasteiger partial charge in [-0.25, -0.2) is 4.68 Å². The minimum Gasteiger partial charge on any atom is -0.470 e. The second kappa shape index (κ2) is 5.05. The van der Waals surface area contributed by atoms with Gasteiger partial charge in [-0.3, -0.25) is 0 Å². The molecule has 2 rings (SSSR count). The van der Waals surface area contributed by atoms with Gasteiger partial charge in [0.2, 0.25) is 5.88 Å². The molecule has 5 nitrogen and oxygen atoms in total. The highest BCUT2D eigenvalue weighted by molar-refractivity contribution is 5.18. The molecule has 0 bridgehead atoms. The summed E-state index contributed by atoms with van der Waals surface area (Å²) in [5, 5.41) is 7.31. The van der Waals surface area contributed by atoms with E-state index in [9.17, 15) is 0 Å². The fourth-order valence-electron chi connectivity index (χ4n) is 1.70. The number of hydrogen-bond acceptors (Lipinski definition) is 4. The maximum atomic E-state index is 5.67. The molecule has 0 saturated carbocycles. The number of ether oxygens (including phenoxy) is 1. The van der Waals surface area contributed by atoms with Crippen LogP contribution in [0.3, 0.4) is 0 Å². The van der Waals surface area contributed by atoms with E-state index >= 15 is 0 Å². The molecule has 0 amide bonds. The van der Waals surface area contributed by atoms with Crippen LogP contribution in [0.15, 0.2) is 22.8 Å². The third kappa shape index (κ3) is 2.68. The zero-order valence-electron chi connectivity index (χ0n) is 10.4. The molecule has 92 valence electrons. The number of rotatable bonds is 5. The molecule has 0 aliphatic carbocycles. The van der Waals surface area contributed by atoms with Gasteiger partial charge in [0.15, 0.2) is 0 Å². The van der Waals surface area contributed by atoms with Crippen molar-refractivity contribution in [3.63, 3.8) is 0 Å². The van der Waals surface area contributed by atoms with E-state index in [0.717, 1.165) is 29.4 Å². The predicted molar refractivity (Wildman–Crippen MR) is 63.7 cm³/mol. The second-order valence-electron chi connectivity index (χ2n) is 3.94. The van der Waals surface area contributed by atoms with Crippen molar-refractivity contribution in [2.24, 2.45) is 7.05 Å². The number of nitrogens with zero attached hydrogens (tertiary/aromatic N) is 2. The van der Waals surface area contributed by atoms with Gasteiger partial charge in [0.05, 0.1) is 12.0 Å². The van der Waals surface area contributed by atoms with Crippen molar-refractivity contribution in [2.75, 3.05) is 7.05 Å². The van der Waals surface area contributed by atoms with Crippen LogP contribution in [0.4, 0.5) is 0 Å². The average molecular weight is 235 g/mol. The minimum atomic E-state index is 0.420. The van der Waals surface area contributed by atoms with Crippen molar-refractivity contribution >= 4 is 0 Å². The van der Waals surface area contributed by atoms with Gasteiger partial charge in [0.25, 0.3) is 0 Å². The minimum absolute atomic E-state index is 0.420. The number of aromatic nitrogens is 2. The Balaban J connectivity index is 2.02. The summed E-state index contributed by atoms with van der Waals surface area (Å²) in [5.41, 5.74) is 2.06. The molecule has 0 aliphatic rings. The molecule has 2 aromatic heterocycles. The summed E-state index contributed by atoms with van der Waals surface area (Å²) >= 11 is 0. The van der Waals surface area contributed by atoms with Crippen LogP contribution in [0.25, 0.3) is 0 Å². The zero-order valence-corrected chi connectivity index (χ0v) is 10.4. The highest BCUT2D eigenvalue weighted by Gasteiger charge is 2.08. The molecule has 0 aromatic carbocycles. The lowest BCUT2D eigenvalue weighted by atomic mass is 10.2. The van der Waals surface area contributed by atoms with Gasteiger partial charge in [-0.15, -0.1) is 0 Å². The molecule has 17 heavy (non-hydrogen) atoms. The number of nitrogens with one attached hydrogen (secondary N) is 1. The Morgan fingerprint density at radius 1 is 1.53 bits per heavy atom. The third-order valence-electron chi connectivity index (χ3n) is 2.52. The SMILES string of the molecule is CNCc1ccoc1COc1cc(C)nn1C. The first-order valence-electron chi connectivity index (χ1n) is 5.54. The lowest BCUT2D eigenvalue weighted by Gasteiger charge is -2.05. The Labute approximate surface area is 100 Å². The molecular formula is C12H17N3O2. The molecule has 2 aromatic rings. The fraction of sp³-hybridized carbons (Fsp3) is 0.417. The monoisotopic (exact) mass is 235 g/mol. The van der Waals surface area contributed by atoms with E-state index in [2.05, 4.69) is 10.4 Å². The summed E-state index contributed by atoms with van der Waals surface area (Å²) in [6.45, 7) is 3.13. The first-order chi connectivity index (χ1) is 8.20. The lowest BCUT2D eigenvalue weighted by Crippen LogP contribution is -2.08. The van der Waals surface area contributed by atoms with Crippen LogP contribution in [-0.2, 0) is 20.2 Å². The topological polar surface area (TPSA) is 52.2 Å². The number of hydrogen-bond donors (Lipinski definition) is 1. The van der Waals surface area contributed by atoms with E-state index in [4.69, 9.17) is 9.15 Å². The summed E-state index contributed by atoms with van der Waals surface area (Å²) in [4.78, 5) is 0. The molecule has 0 spiro atoms. The molecule has 0 aliphatic heterocycles. The molecular weight excluding hydrogens is 218 g/mol. The zero-order chi connectivity index (χ0) is 12.3. The van der Waals surface area contributed by atoms with Gasteiger partial charge >= 0.3 is 0 Å². The largest absolute Gasteiger partial charge is 0.470 e. The normalized spacial score (nSPS) is 10.8. The summed E-state index contributed by atoms with van der Waals surface area (Å²) in [6, 6.07) is 3.85. The number of furan rings is 1. The Morgan fingerprint density at radius 3 is 3.00 bits per heavy atom. The Hall–Kier alpha value is -1.75. The van der Waals surface area contributed by atoms with E-state index in [1.807, 2.05) is 33.2 Å². The first kappa shape index (κ1) is 11.7. The summed E-state index contributed by atoms with van der Waals surface area (Å²) < 4.78 is 12.8. The highest BCUT2D eigenvalue weighted by atomic mass is 16.5. The van der Waals surface area contributed by atoms with Crippen LogP contribution in [0.2, 0.25) is 0 Å². The van der Waals surface area contributed by atoms with E-state index in [0.29, 0.717) is 6.61 Å². The molecule has 2 heterocycles. The fourth-order valence-corrected chi connectivity index (χ4v) is 1.70. The maximum absolute atomic E-state index is 5.67. The first-order valence-corrected chi connectivity index (χ1v) is 5.54. The van der Waals surface area contributed by atoms with E-state index in [-0.39, 0.29) is 0 Å². The lowest BCUT2D eigenvalue weighted by molar-refractivity contribution is 0.247. The predicted octanol–water partition coefficient (Wildman–Crippen LogP) is 1.62. The molecule has 0 fully saturated rings.